The van der Waals surface area contributed by atoms with Crippen molar-refractivity contribution in [3.05, 3.63) is 42.1 Å². The summed E-state index contributed by atoms with van der Waals surface area (Å²) in [5, 5.41) is 8.03. The quantitative estimate of drug-likeness (QED) is 0.741. The van der Waals surface area contributed by atoms with Gasteiger partial charge in [-0.3, -0.25) is 4.90 Å². The first-order valence-corrected chi connectivity index (χ1v) is 6.95. The van der Waals surface area contributed by atoms with Crippen molar-refractivity contribution in [2.45, 2.75) is 32.9 Å². The minimum absolute atomic E-state index is 0.301. The summed E-state index contributed by atoms with van der Waals surface area (Å²) in [6, 6.07) is 9.60. The van der Waals surface area contributed by atoms with Gasteiger partial charge >= 0.3 is 0 Å². The lowest BCUT2D eigenvalue weighted by atomic mass is 10.3. The summed E-state index contributed by atoms with van der Waals surface area (Å²) in [7, 11) is 2.06. The van der Waals surface area contributed by atoms with Gasteiger partial charge in [-0.1, -0.05) is 31.5 Å². The van der Waals surface area contributed by atoms with E-state index in [1.165, 1.54) is 12.8 Å². The lowest BCUT2D eigenvalue weighted by molar-refractivity contribution is 0.242. The van der Waals surface area contributed by atoms with E-state index in [0.717, 1.165) is 12.3 Å². The summed E-state index contributed by atoms with van der Waals surface area (Å²) in [6.45, 7) is 4.20. The zero-order chi connectivity index (χ0) is 14.2. The maximum atomic E-state index is 5.57. The number of ether oxygens (including phenoxy) is 1. The van der Waals surface area contributed by atoms with E-state index in [1.807, 2.05) is 30.3 Å². The SMILES string of the molecule is CCCCN(C)Cc1nnc(COc2ccccc2)o1. The third-order valence-corrected chi connectivity index (χ3v) is 2.91. The fourth-order valence-corrected chi connectivity index (χ4v) is 1.81. The van der Waals surface area contributed by atoms with Crippen LogP contribution in [0, 0.1) is 0 Å². The lowest BCUT2D eigenvalue weighted by Gasteiger charge is -2.12. The number of aromatic nitrogens is 2. The first-order valence-electron chi connectivity index (χ1n) is 6.95. The maximum absolute atomic E-state index is 5.57. The van der Waals surface area contributed by atoms with E-state index in [-0.39, 0.29) is 0 Å². The van der Waals surface area contributed by atoms with Crippen LogP contribution in [0.3, 0.4) is 0 Å². The highest BCUT2D eigenvalue weighted by molar-refractivity contribution is 5.20. The largest absolute Gasteiger partial charge is 0.484 e. The van der Waals surface area contributed by atoms with Crippen LogP contribution in [0.15, 0.2) is 34.7 Å². The molecule has 0 atom stereocenters. The van der Waals surface area contributed by atoms with Crippen LogP contribution in [0.1, 0.15) is 31.5 Å². The molecule has 2 aromatic rings. The van der Waals surface area contributed by atoms with E-state index in [0.29, 0.717) is 24.9 Å². The molecule has 0 aliphatic rings. The molecule has 0 unspecified atom stereocenters. The summed E-state index contributed by atoms with van der Waals surface area (Å²) in [5.74, 6) is 1.94. The number of para-hydroxylation sites is 1. The fourth-order valence-electron chi connectivity index (χ4n) is 1.81. The van der Waals surface area contributed by atoms with Crippen LogP contribution in [0.25, 0.3) is 0 Å². The minimum atomic E-state index is 0.301. The Hall–Kier alpha value is -1.88. The zero-order valence-corrected chi connectivity index (χ0v) is 12.1. The molecule has 0 saturated carbocycles. The van der Waals surface area contributed by atoms with Gasteiger partial charge in [-0.25, -0.2) is 0 Å². The Kier molecular flexibility index (Phi) is 5.55. The summed E-state index contributed by atoms with van der Waals surface area (Å²) in [4.78, 5) is 2.18. The van der Waals surface area contributed by atoms with Gasteiger partial charge in [0, 0.05) is 0 Å². The van der Waals surface area contributed by atoms with Gasteiger partial charge in [0.2, 0.25) is 5.89 Å². The number of nitrogens with zero attached hydrogens (tertiary/aromatic N) is 3. The Morgan fingerprint density at radius 1 is 1.15 bits per heavy atom. The summed E-state index contributed by atoms with van der Waals surface area (Å²) < 4.78 is 11.1. The molecule has 0 bridgehead atoms. The van der Waals surface area contributed by atoms with Crippen LogP contribution in [-0.2, 0) is 13.2 Å². The Morgan fingerprint density at radius 2 is 1.90 bits per heavy atom. The molecule has 0 saturated heterocycles. The van der Waals surface area contributed by atoms with Crippen molar-refractivity contribution < 1.29 is 9.15 Å². The van der Waals surface area contributed by atoms with Gasteiger partial charge in [-0.2, -0.15) is 0 Å². The van der Waals surface area contributed by atoms with E-state index in [4.69, 9.17) is 9.15 Å². The van der Waals surface area contributed by atoms with E-state index < -0.39 is 0 Å². The van der Waals surface area contributed by atoms with E-state index in [9.17, 15) is 0 Å². The molecule has 0 fully saturated rings. The predicted molar refractivity (Wildman–Crippen MR) is 76.3 cm³/mol. The first-order chi connectivity index (χ1) is 9.78. The monoisotopic (exact) mass is 275 g/mol. The molecule has 0 aliphatic heterocycles. The van der Waals surface area contributed by atoms with Crippen LogP contribution < -0.4 is 4.74 Å². The Bertz CT molecular complexity index is 499. The Balaban J connectivity index is 1.80. The molecule has 0 aliphatic carbocycles. The van der Waals surface area contributed by atoms with Gasteiger partial charge in [-0.15, -0.1) is 10.2 Å². The highest BCUT2D eigenvalue weighted by atomic mass is 16.5. The number of hydrogen-bond donors (Lipinski definition) is 0. The minimum Gasteiger partial charge on any atom is -0.484 e. The van der Waals surface area contributed by atoms with Crippen LogP contribution >= 0.6 is 0 Å². The maximum Gasteiger partial charge on any atom is 0.253 e. The van der Waals surface area contributed by atoms with E-state index in [1.54, 1.807) is 0 Å². The first kappa shape index (κ1) is 14.5. The van der Waals surface area contributed by atoms with Crippen molar-refractivity contribution in [1.82, 2.24) is 15.1 Å². The van der Waals surface area contributed by atoms with Gasteiger partial charge in [-0.05, 0) is 32.1 Å². The average molecular weight is 275 g/mol. The Labute approximate surface area is 119 Å². The molecule has 0 N–H and O–H groups in total. The molecular weight excluding hydrogens is 254 g/mol. The summed E-state index contributed by atoms with van der Waals surface area (Å²) in [5.41, 5.74) is 0. The Morgan fingerprint density at radius 3 is 2.65 bits per heavy atom. The molecule has 20 heavy (non-hydrogen) atoms. The van der Waals surface area contributed by atoms with Gasteiger partial charge in [0.25, 0.3) is 5.89 Å². The molecular formula is C15H21N3O2. The number of benzene rings is 1. The van der Waals surface area contributed by atoms with Crippen LogP contribution in [-0.4, -0.2) is 28.7 Å². The van der Waals surface area contributed by atoms with Gasteiger partial charge in [0.1, 0.15) is 5.75 Å². The molecule has 0 radical (unpaired) electrons. The normalized spacial score (nSPS) is 10.9. The molecule has 0 spiro atoms. The molecule has 1 aromatic carbocycles. The van der Waals surface area contributed by atoms with Crippen molar-refractivity contribution in [2.24, 2.45) is 0 Å². The molecule has 5 heteroatoms. The standard InChI is InChI=1S/C15H21N3O2/c1-3-4-10-18(2)11-14-16-17-15(20-14)12-19-13-8-6-5-7-9-13/h5-9H,3-4,10-12H2,1-2H3. The molecule has 108 valence electrons. The third-order valence-electron chi connectivity index (χ3n) is 2.91. The third kappa shape index (κ3) is 4.66. The van der Waals surface area contributed by atoms with Gasteiger partial charge < -0.3 is 9.15 Å². The van der Waals surface area contributed by atoms with Gasteiger partial charge in [0.05, 0.1) is 6.54 Å². The van der Waals surface area contributed by atoms with Crippen LogP contribution in [0.4, 0.5) is 0 Å². The van der Waals surface area contributed by atoms with Crippen molar-refractivity contribution in [1.29, 1.82) is 0 Å². The highest BCUT2D eigenvalue weighted by Crippen LogP contribution is 2.11. The molecule has 2 rings (SSSR count). The lowest BCUT2D eigenvalue weighted by Crippen LogP contribution is -2.19. The van der Waals surface area contributed by atoms with Crippen molar-refractivity contribution in [2.75, 3.05) is 13.6 Å². The number of unbranched alkanes of at least 4 members (excludes halogenated alkanes) is 1. The van der Waals surface area contributed by atoms with Gasteiger partial charge in [0.15, 0.2) is 6.61 Å². The van der Waals surface area contributed by atoms with Crippen molar-refractivity contribution in [3.63, 3.8) is 0 Å². The van der Waals surface area contributed by atoms with Crippen molar-refractivity contribution in [3.8, 4) is 5.75 Å². The van der Waals surface area contributed by atoms with Crippen molar-refractivity contribution >= 4 is 0 Å². The van der Waals surface area contributed by atoms with E-state index in [2.05, 4.69) is 29.1 Å². The second-order valence-electron chi connectivity index (χ2n) is 4.78. The molecule has 5 nitrogen and oxygen atoms in total. The summed E-state index contributed by atoms with van der Waals surface area (Å²) >= 11 is 0. The number of rotatable bonds is 8. The second kappa shape index (κ2) is 7.65. The second-order valence-corrected chi connectivity index (χ2v) is 4.78. The smallest absolute Gasteiger partial charge is 0.253 e. The predicted octanol–water partition coefficient (Wildman–Crippen LogP) is 2.88. The molecule has 1 heterocycles. The summed E-state index contributed by atoms with van der Waals surface area (Å²) in [6.07, 6.45) is 2.36. The highest BCUT2D eigenvalue weighted by Gasteiger charge is 2.09. The fraction of sp³-hybridized carbons (Fsp3) is 0.467. The molecule has 1 aromatic heterocycles. The average Bonchev–Trinajstić information content (AvgIpc) is 2.91. The molecule has 0 amide bonds. The topological polar surface area (TPSA) is 51.4 Å². The van der Waals surface area contributed by atoms with Crippen LogP contribution in [0.2, 0.25) is 0 Å². The number of hydrogen-bond acceptors (Lipinski definition) is 5. The van der Waals surface area contributed by atoms with Crippen LogP contribution in [0.5, 0.6) is 5.75 Å². The zero-order valence-electron chi connectivity index (χ0n) is 12.1. The van der Waals surface area contributed by atoms with E-state index >= 15 is 0 Å².